The van der Waals surface area contributed by atoms with Crippen molar-refractivity contribution < 1.29 is 19.4 Å². The Morgan fingerprint density at radius 3 is 2.46 bits per heavy atom. The summed E-state index contributed by atoms with van der Waals surface area (Å²) in [4.78, 5) is 23.2. The average molecular weight is 187 g/mol. The molecule has 1 unspecified atom stereocenters. The van der Waals surface area contributed by atoms with E-state index >= 15 is 0 Å². The molecule has 0 aromatic rings. The summed E-state index contributed by atoms with van der Waals surface area (Å²) in [5.74, 6) is -1.37. The standard InChI is InChI=1S/C8H13NO4/c1-5(13-2)7(10)9-3-6(4-9)8(11)12/h5-6H,3-4H2,1-2H3,(H,11,12). The number of amides is 1. The fourth-order valence-corrected chi connectivity index (χ4v) is 1.17. The number of methoxy groups -OCH3 is 1. The van der Waals surface area contributed by atoms with Crippen LogP contribution in [0.15, 0.2) is 0 Å². The van der Waals surface area contributed by atoms with Gasteiger partial charge in [0.2, 0.25) is 0 Å². The smallest absolute Gasteiger partial charge is 0.310 e. The van der Waals surface area contributed by atoms with Gasteiger partial charge in [0.1, 0.15) is 6.10 Å². The molecule has 0 radical (unpaired) electrons. The van der Waals surface area contributed by atoms with Gasteiger partial charge in [0, 0.05) is 20.2 Å². The van der Waals surface area contributed by atoms with Gasteiger partial charge in [-0.05, 0) is 6.92 Å². The highest BCUT2D eigenvalue weighted by Gasteiger charge is 2.37. The molecule has 0 aromatic carbocycles. The second kappa shape index (κ2) is 3.74. The van der Waals surface area contributed by atoms with Crippen LogP contribution in [0.1, 0.15) is 6.92 Å². The highest BCUT2D eigenvalue weighted by Crippen LogP contribution is 2.16. The number of hydrogen-bond acceptors (Lipinski definition) is 3. The van der Waals surface area contributed by atoms with Crippen LogP contribution in [0.3, 0.4) is 0 Å². The van der Waals surface area contributed by atoms with Crippen molar-refractivity contribution in [3.63, 3.8) is 0 Å². The van der Waals surface area contributed by atoms with E-state index in [0.717, 1.165) is 0 Å². The van der Waals surface area contributed by atoms with E-state index in [0.29, 0.717) is 13.1 Å². The van der Waals surface area contributed by atoms with Gasteiger partial charge in [-0.1, -0.05) is 0 Å². The van der Waals surface area contributed by atoms with E-state index in [2.05, 4.69) is 0 Å². The number of likely N-dealkylation sites (tertiary alicyclic amines) is 1. The maximum atomic E-state index is 11.3. The molecule has 5 nitrogen and oxygen atoms in total. The summed E-state index contributed by atoms with van der Waals surface area (Å²) in [5, 5.41) is 8.56. The molecule has 0 saturated carbocycles. The molecule has 1 fully saturated rings. The van der Waals surface area contributed by atoms with Crippen molar-refractivity contribution in [2.24, 2.45) is 5.92 Å². The van der Waals surface area contributed by atoms with Crippen molar-refractivity contribution in [2.75, 3.05) is 20.2 Å². The molecule has 1 heterocycles. The maximum absolute atomic E-state index is 11.3. The lowest BCUT2D eigenvalue weighted by atomic mass is 10.00. The van der Waals surface area contributed by atoms with E-state index in [-0.39, 0.29) is 5.91 Å². The first-order chi connectivity index (χ1) is 6.06. The molecule has 1 saturated heterocycles. The van der Waals surface area contributed by atoms with Gasteiger partial charge in [0.25, 0.3) is 5.91 Å². The molecule has 0 aromatic heterocycles. The van der Waals surface area contributed by atoms with Gasteiger partial charge in [-0.25, -0.2) is 0 Å². The summed E-state index contributed by atoms with van der Waals surface area (Å²) < 4.78 is 4.83. The monoisotopic (exact) mass is 187 g/mol. The number of carbonyl (C=O) groups is 2. The minimum Gasteiger partial charge on any atom is -0.481 e. The van der Waals surface area contributed by atoms with Gasteiger partial charge in [0.05, 0.1) is 5.92 Å². The Bertz CT molecular complexity index is 222. The van der Waals surface area contributed by atoms with E-state index in [1.54, 1.807) is 6.92 Å². The summed E-state index contributed by atoms with van der Waals surface area (Å²) in [6.07, 6.45) is -0.477. The fourth-order valence-electron chi connectivity index (χ4n) is 1.17. The average Bonchev–Trinajstić information content (AvgIpc) is 1.99. The minimum absolute atomic E-state index is 0.139. The van der Waals surface area contributed by atoms with E-state index in [4.69, 9.17) is 9.84 Å². The summed E-state index contributed by atoms with van der Waals surface area (Å²) in [5.41, 5.74) is 0. The normalized spacial score (nSPS) is 19.4. The van der Waals surface area contributed by atoms with Crippen LogP contribution in [0.25, 0.3) is 0 Å². The molecule has 13 heavy (non-hydrogen) atoms. The zero-order valence-corrected chi connectivity index (χ0v) is 7.69. The lowest BCUT2D eigenvalue weighted by Gasteiger charge is -2.37. The number of carboxylic acids is 1. The van der Waals surface area contributed by atoms with Crippen LogP contribution in [0.5, 0.6) is 0 Å². The van der Waals surface area contributed by atoms with Crippen molar-refractivity contribution in [1.82, 2.24) is 4.90 Å². The first-order valence-electron chi connectivity index (χ1n) is 4.10. The van der Waals surface area contributed by atoms with Gasteiger partial charge in [-0.3, -0.25) is 9.59 Å². The number of rotatable bonds is 3. The Hall–Kier alpha value is -1.10. The molecule has 5 heteroatoms. The fraction of sp³-hybridized carbons (Fsp3) is 0.750. The molecule has 1 atom stereocenters. The highest BCUT2D eigenvalue weighted by atomic mass is 16.5. The topological polar surface area (TPSA) is 66.8 Å². The van der Waals surface area contributed by atoms with Crippen LogP contribution in [-0.4, -0.2) is 48.2 Å². The molecule has 1 N–H and O–H groups in total. The zero-order valence-electron chi connectivity index (χ0n) is 7.69. The van der Waals surface area contributed by atoms with E-state index in [9.17, 15) is 9.59 Å². The Morgan fingerprint density at radius 2 is 2.08 bits per heavy atom. The molecular weight excluding hydrogens is 174 g/mol. The molecule has 0 spiro atoms. The van der Waals surface area contributed by atoms with Crippen LogP contribution in [0.2, 0.25) is 0 Å². The summed E-state index contributed by atoms with van der Waals surface area (Å²) >= 11 is 0. The van der Waals surface area contributed by atoms with Crippen LogP contribution >= 0.6 is 0 Å². The maximum Gasteiger partial charge on any atom is 0.310 e. The zero-order chi connectivity index (χ0) is 10.0. The van der Waals surface area contributed by atoms with Crippen LogP contribution in [0.4, 0.5) is 0 Å². The lowest BCUT2D eigenvalue weighted by molar-refractivity contribution is -0.157. The summed E-state index contributed by atoms with van der Waals surface area (Å²) in [6.45, 7) is 2.26. The molecule has 0 aliphatic carbocycles. The Labute approximate surface area is 76.3 Å². The number of ether oxygens (including phenoxy) is 1. The molecule has 1 aliphatic rings. The van der Waals surface area contributed by atoms with Crippen molar-refractivity contribution >= 4 is 11.9 Å². The third-order valence-electron chi connectivity index (χ3n) is 2.24. The summed E-state index contributed by atoms with van der Waals surface area (Å²) in [6, 6.07) is 0. The SMILES string of the molecule is COC(C)C(=O)N1CC(C(=O)O)C1. The van der Waals surface area contributed by atoms with Crippen LogP contribution in [0, 0.1) is 5.92 Å². The Kier molecular flexibility index (Phi) is 2.87. The molecule has 1 aliphatic heterocycles. The van der Waals surface area contributed by atoms with Gasteiger partial charge < -0.3 is 14.7 Å². The second-order valence-corrected chi connectivity index (χ2v) is 3.16. The van der Waals surface area contributed by atoms with Crippen molar-refractivity contribution in [1.29, 1.82) is 0 Å². The van der Waals surface area contributed by atoms with Gasteiger partial charge in [-0.15, -0.1) is 0 Å². The molecule has 1 rings (SSSR count). The number of carboxylic acid groups (broad SMARTS) is 1. The minimum atomic E-state index is -0.839. The lowest BCUT2D eigenvalue weighted by Crippen LogP contribution is -2.55. The first kappa shape index (κ1) is 9.98. The summed E-state index contributed by atoms with van der Waals surface area (Å²) in [7, 11) is 1.46. The first-order valence-corrected chi connectivity index (χ1v) is 4.10. The van der Waals surface area contributed by atoms with Crippen molar-refractivity contribution in [2.45, 2.75) is 13.0 Å². The number of carbonyl (C=O) groups excluding carboxylic acids is 1. The predicted molar refractivity (Wildman–Crippen MR) is 44.2 cm³/mol. The second-order valence-electron chi connectivity index (χ2n) is 3.16. The van der Waals surface area contributed by atoms with Crippen LogP contribution < -0.4 is 0 Å². The number of nitrogens with zero attached hydrogens (tertiary/aromatic N) is 1. The van der Waals surface area contributed by atoms with E-state index in [1.165, 1.54) is 12.0 Å². The quantitative estimate of drug-likeness (QED) is 0.650. The van der Waals surface area contributed by atoms with Gasteiger partial charge >= 0.3 is 5.97 Å². The van der Waals surface area contributed by atoms with Gasteiger partial charge in [-0.2, -0.15) is 0 Å². The third-order valence-corrected chi connectivity index (χ3v) is 2.24. The Morgan fingerprint density at radius 1 is 1.54 bits per heavy atom. The Balaban J connectivity index is 2.35. The predicted octanol–water partition coefficient (Wildman–Crippen LogP) is -0.436. The molecule has 1 amide bonds. The van der Waals surface area contributed by atoms with E-state index < -0.39 is 18.0 Å². The molecule has 74 valence electrons. The van der Waals surface area contributed by atoms with Crippen molar-refractivity contribution in [3.05, 3.63) is 0 Å². The van der Waals surface area contributed by atoms with Crippen molar-refractivity contribution in [3.8, 4) is 0 Å². The van der Waals surface area contributed by atoms with Crippen LogP contribution in [-0.2, 0) is 14.3 Å². The third kappa shape index (κ3) is 1.98. The van der Waals surface area contributed by atoms with E-state index in [1.807, 2.05) is 0 Å². The highest BCUT2D eigenvalue weighted by molar-refractivity contribution is 5.83. The van der Waals surface area contributed by atoms with Gasteiger partial charge in [0.15, 0.2) is 0 Å². The number of aliphatic carboxylic acids is 1. The largest absolute Gasteiger partial charge is 0.481 e. The number of hydrogen-bond donors (Lipinski definition) is 1. The molecule has 0 bridgehead atoms. The molecular formula is C8H13NO4.